The van der Waals surface area contributed by atoms with Crippen LogP contribution in [0.1, 0.15) is 60.9 Å². The summed E-state index contributed by atoms with van der Waals surface area (Å²) in [6, 6.07) is 8.09. The van der Waals surface area contributed by atoms with Gasteiger partial charge >= 0.3 is 5.97 Å². The number of rotatable bonds is 2. The van der Waals surface area contributed by atoms with E-state index in [0.717, 1.165) is 12.0 Å². The summed E-state index contributed by atoms with van der Waals surface area (Å²) in [5, 5.41) is 0. The van der Waals surface area contributed by atoms with Gasteiger partial charge in [0.25, 0.3) is 11.9 Å². The standard InChI is InChI=1S/C21H24N2O4/c24-18-17(13-14-5-1-2-6-14)26-20(22-18)23-11-9-21(10-12-23)16-8-4-3-7-15(16)19(25)27-21/h3-4,7-8,14,17H,1-2,5-6,9-13H2. The molecule has 4 aliphatic rings. The quantitative estimate of drug-likeness (QED) is 0.751. The van der Waals surface area contributed by atoms with Crippen molar-refractivity contribution in [3.05, 3.63) is 35.4 Å². The van der Waals surface area contributed by atoms with Crippen molar-refractivity contribution in [1.29, 1.82) is 0 Å². The highest BCUT2D eigenvalue weighted by Crippen LogP contribution is 2.44. The summed E-state index contributed by atoms with van der Waals surface area (Å²) in [5.74, 6) is 0.211. The Balaban J connectivity index is 1.25. The maximum atomic E-state index is 12.3. The van der Waals surface area contributed by atoms with Crippen LogP contribution in [-0.2, 0) is 19.9 Å². The number of nitrogens with zero attached hydrogens (tertiary/aromatic N) is 2. The number of likely N-dealkylation sites (tertiary alicyclic amines) is 1. The molecule has 1 atom stereocenters. The predicted molar refractivity (Wildman–Crippen MR) is 98.2 cm³/mol. The average molecular weight is 368 g/mol. The molecular weight excluding hydrogens is 344 g/mol. The Bertz CT molecular complexity index is 804. The van der Waals surface area contributed by atoms with Crippen LogP contribution in [0.3, 0.4) is 0 Å². The van der Waals surface area contributed by atoms with E-state index in [4.69, 9.17) is 9.47 Å². The van der Waals surface area contributed by atoms with Crippen LogP contribution in [0.25, 0.3) is 0 Å². The number of aliphatic imine (C=N–C) groups is 1. The van der Waals surface area contributed by atoms with Crippen LogP contribution in [0.4, 0.5) is 0 Å². The van der Waals surface area contributed by atoms with Gasteiger partial charge in [0.15, 0.2) is 6.10 Å². The summed E-state index contributed by atoms with van der Waals surface area (Å²) in [6.07, 6.45) is 6.64. The Kier molecular flexibility index (Phi) is 3.95. The number of amides is 1. The van der Waals surface area contributed by atoms with Crippen LogP contribution in [-0.4, -0.2) is 42.0 Å². The second-order valence-electron chi connectivity index (χ2n) is 8.14. The molecule has 1 aromatic carbocycles. The molecule has 1 spiro atoms. The maximum Gasteiger partial charge on any atom is 0.339 e. The first-order valence-corrected chi connectivity index (χ1v) is 10.0. The normalized spacial score (nSPS) is 26.9. The van der Waals surface area contributed by atoms with Crippen LogP contribution < -0.4 is 0 Å². The van der Waals surface area contributed by atoms with Gasteiger partial charge in [-0.15, -0.1) is 0 Å². The van der Waals surface area contributed by atoms with E-state index in [-0.39, 0.29) is 11.9 Å². The fourth-order valence-corrected chi connectivity index (χ4v) is 4.99. The van der Waals surface area contributed by atoms with E-state index >= 15 is 0 Å². The number of amidine groups is 1. The molecule has 6 heteroatoms. The number of hydrogen-bond acceptors (Lipinski definition) is 5. The minimum absolute atomic E-state index is 0.144. The molecule has 1 saturated carbocycles. The molecule has 27 heavy (non-hydrogen) atoms. The summed E-state index contributed by atoms with van der Waals surface area (Å²) >= 11 is 0. The van der Waals surface area contributed by atoms with Crippen molar-refractivity contribution in [1.82, 2.24) is 4.90 Å². The Morgan fingerprint density at radius 1 is 1.11 bits per heavy atom. The van der Waals surface area contributed by atoms with Crippen molar-refractivity contribution in [2.24, 2.45) is 10.9 Å². The lowest BCUT2D eigenvalue weighted by atomic mass is 9.84. The summed E-state index contributed by atoms with van der Waals surface area (Å²) in [5.41, 5.74) is 1.11. The van der Waals surface area contributed by atoms with Crippen molar-refractivity contribution >= 4 is 17.9 Å². The molecule has 6 nitrogen and oxygen atoms in total. The Labute approximate surface area is 158 Å². The van der Waals surface area contributed by atoms with E-state index < -0.39 is 11.7 Å². The minimum atomic E-state index is -0.545. The van der Waals surface area contributed by atoms with Crippen LogP contribution in [0.5, 0.6) is 0 Å². The molecular formula is C21H24N2O4. The van der Waals surface area contributed by atoms with Gasteiger partial charge in [0.1, 0.15) is 5.60 Å². The van der Waals surface area contributed by atoms with Gasteiger partial charge in [-0.2, -0.15) is 4.99 Å². The zero-order chi connectivity index (χ0) is 18.4. The van der Waals surface area contributed by atoms with E-state index in [1.54, 1.807) is 0 Å². The molecule has 1 amide bonds. The molecule has 3 aliphatic heterocycles. The number of esters is 1. The maximum absolute atomic E-state index is 12.3. The molecule has 0 aromatic heterocycles. The fraction of sp³-hybridized carbons (Fsp3) is 0.571. The first-order chi connectivity index (χ1) is 13.1. The van der Waals surface area contributed by atoms with Gasteiger partial charge < -0.3 is 14.4 Å². The molecule has 2 fully saturated rings. The molecule has 3 heterocycles. The number of fused-ring (bicyclic) bond motifs is 2. The van der Waals surface area contributed by atoms with Gasteiger partial charge in [0.2, 0.25) is 0 Å². The third kappa shape index (κ3) is 2.82. The fourth-order valence-electron chi connectivity index (χ4n) is 4.99. The molecule has 142 valence electrons. The molecule has 1 aromatic rings. The number of benzene rings is 1. The number of piperidine rings is 1. The zero-order valence-corrected chi connectivity index (χ0v) is 15.4. The highest BCUT2D eigenvalue weighted by molar-refractivity contribution is 5.98. The van der Waals surface area contributed by atoms with Crippen molar-refractivity contribution in [3.8, 4) is 0 Å². The van der Waals surface area contributed by atoms with E-state index in [1.807, 2.05) is 29.2 Å². The number of carbonyl (C=O) groups is 2. The zero-order valence-electron chi connectivity index (χ0n) is 15.4. The number of carbonyl (C=O) groups excluding carboxylic acids is 2. The lowest BCUT2D eigenvalue weighted by Crippen LogP contribution is -2.45. The Morgan fingerprint density at radius 2 is 1.85 bits per heavy atom. The van der Waals surface area contributed by atoms with Crippen molar-refractivity contribution in [2.45, 2.75) is 56.7 Å². The highest BCUT2D eigenvalue weighted by Gasteiger charge is 2.48. The predicted octanol–water partition coefficient (Wildman–Crippen LogP) is 3.01. The van der Waals surface area contributed by atoms with Crippen molar-refractivity contribution in [2.75, 3.05) is 13.1 Å². The molecule has 0 N–H and O–H groups in total. The van der Waals surface area contributed by atoms with E-state index in [0.29, 0.717) is 43.4 Å². The van der Waals surface area contributed by atoms with Crippen molar-refractivity contribution in [3.63, 3.8) is 0 Å². The second kappa shape index (κ2) is 6.36. The summed E-state index contributed by atoms with van der Waals surface area (Å²) in [4.78, 5) is 30.7. The van der Waals surface area contributed by atoms with E-state index in [9.17, 15) is 9.59 Å². The van der Waals surface area contributed by atoms with Gasteiger partial charge in [0, 0.05) is 31.5 Å². The average Bonchev–Trinajstić information content (AvgIpc) is 3.38. The SMILES string of the molecule is O=C1OC2(CCN(C3=NC(=O)C(CC4CCCC4)O3)CC2)c2ccccc21. The number of ether oxygens (including phenoxy) is 2. The third-order valence-corrected chi connectivity index (χ3v) is 6.52. The second-order valence-corrected chi connectivity index (χ2v) is 8.14. The smallest absolute Gasteiger partial charge is 0.339 e. The van der Waals surface area contributed by atoms with Gasteiger partial charge in [-0.25, -0.2) is 4.79 Å². The Morgan fingerprint density at radius 3 is 2.63 bits per heavy atom. The van der Waals surface area contributed by atoms with Gasteiger partial charge in [-0.3, -0.25) is 4.79 Å². The topological polar surface area (TPSA) is 68.2 Å². The lowest BCUT2D eigenvalue weighted by Gasteiger charge is -2.38. The molecule has 1 aliphatic carbocycles. The molecule has 1 saturated heterocycles. The Hall–Kier alpha value is -2.37. The van der Waals surface area contributed by atoms with Crippen LogP contribution in [0.15, 0.2) is 29.3 Å². The number of hydrogen-bond donors (Lipinski definition) is 0. The highest BCUT2D eigenvalue weighted by atomic mass is 16.6. The van der Waals surface area contributed by atoms with Gasteiger partial charge in [-0.05, 0) is 18.4 Å². The first-order valence-electron chi connectivity index (χ1n) is 10.0. The largest absolute Gasteiger partial charge is 0.451 e. The first kappa shape index (κ1) is 16.8. The molecule has 0 bridgehead atoms. The van der Waals surface area contributed by atoms with Gasteiger partial charge in [-0.1, -0.05) is 43.9 Å². The summed E-state index contributed by atoms with van der Waals surface area (Å²) in [7, 11) is 0. The van der Waals surface area contributed by atoms with E-state index in [2.05, 4.69) is 4.99 Å². The lowest BCUT2D eigenvalue weighted by molar-refractivity contribution is -0.123. The summed E-state index contributed by atoms with van der Waals surface area (Å²) in [6.45, 7) is 1.31. The summed E-state index contributed by atoms with van der Waals surface area (Å²) < 4.78 is 11.7. The van der Waals surface area contributed by atoms with Crippen LogP contribution in [0.2, 0.25) is 0 Å². The van der Waals surface area contributed by atoms with E-state index in [1.165, 1.54) is 25.7 Å². The monoisotopic (exact) mass is 368 g/mol. The molecule has 1 unspecified atom stereocenters. The van der Waals surface area contributed by atoms with Crippen LogP contribution in [0, 0.1) is 5.92 Å². The molecule has 5 rings (SSSR count). The third-order valence-electron chi connectivity index (χ3n) is 6.52. The van der Waals surface area contributed by atoms with Crippen molar-refractivity contribution < 1.29 is 19.1 Å². The minimum Gasteiger partial charge on any atom is -0.451 e. The van der Waals surface area contributed by atoms with Gasteiger partial charge in [0.05, 0.1) is 5.56 Å². The molecule has 0 radical (unpaired) electrons. The van der Waals surface area contributed by atoms with Crippen LogP contribution >= 0.6 is 0 Å².